The van der Waals surface area contributed by atoms with E-state index in [1.165, 1.54) is 12.1 Å². The average molecular weight is 424 g/mol. The number of amides is 1. The highest BCUT2D eigenvalue weighted by molar-refractivity contribution is 5.94. The van der Waals surface area contributed by atoms with E-state index in [-0.39, 0.29) is 17.9 Å². The van der Waals surface area contributed by atoms with Gasteiger partial charge in [0.05, 0.1) is 16.6 Å². The summed E-state index contributed by atoms with van der Waals surface area (Å²) >= 11 is 0. The van der Waals surface area contributed by atoms with Gasteiger partial charge >= 0.3 is 6.18 Å². The maximum atomic E-state index is 12.8. The number of rotatable bonds is 5. The first kappa shape index (κ1) is 20.7. The Morgan fingerprint density at radius 3 is 1.94 bits per heavy atom. The SMILES string of the molecule is O=C(Cn1c2ccccc2c(=O)c2ccccc21)NCCc1ccc(C(F)(F)F)cc1. The number of halogens is 3. The van der Waals surface area contributed by atoms with Crippen LogP contribution in [0.3, 0.4) is 0 Å². The van der Waals surface area contributed by atoms with Crippen molar-refractivity contribution >= 4 is 27.7 Å². The molecule has 4 nitrogen and oxygen atoms in total. The van der Waals surface area contributed by atoms with Gasteiger partial charge in [0.25, 0.3) is 0 Å². The highest BCUT2D eigenvalue weighted by atomic mass is 19.4. The fourth-order valence-corrected chi connectivity index (χ4v) is 3.65. The molecule has 0 aliphatic carbocycles. The van der Waals surface area contributed by atoms with Crippen molar-refractivity contribution in [3.05, 3.63) is 94.1 Å². The van der Waals surface area contributed by atoms with E-state index in [2.05, 4.69) is 5.32 Å². The Bertz CT molecular complexity index is 1250. The van der Waals surface area contributed by atoms with Gasteiger partial charge in [-0.3, -0.25) is 9.59 Å². The molecule has 0 bridgehead atoms. The number of para-hydroxylation sites is 2. The van der Waals surface area contributed by atoms with Crippen molar-refractivity contribution in [3.63, 3.8) is 0 Å². The van der Waals surface area contributed by atoms with Crippen LogP contribution in [-0.4, -0.2) is 17.0 Å². The molecule has 4 rings (SSSR count). The maximum Gasteiger partial charge on any atom is 0.416 e. The molecule has 1 N–H and O–H groups in total. The topological polar surface area (TPSA) is 51.1 Å². The second kappa shape index (κ2) is 8.26. The predicted octanol–water partition coefficient (Wildman–Crippen LogP) is 4.53. The molecule has 7 heteroatoms. The summed E-state index contributed by atoms with van der Waals surface area (Å²) in [6, 6.07) is 19.2. The van der Waals surface area contributed by atoms with Crippen LogP contribution in [0.5, 0.6) is 0 Å². The maximum absolute atomic E-state index is 12.8. The average Bonchev–Trinajstić information content (AvgIpc) is 2.76. The molecule has 158 valence electrons. The van der Waals surface area contributed by atoms with Crippen molar-refractivity contribution in [3.8, 4) is 0 Å². The molecule has 3 aromatic carbocycles. The second-order valence-corrected chi connectivity index (χ2v) is 7.24. The Morgan fingerprint density at radius 2 is 1.39 bits per heavy atom. The van der Waals surface area contributed by atoms with Crippen LogP contribution in [0.25, 0.3) is 21.8 Å². The minimum atomic E-state index is -4.37. The van der Waals surface area contributed by atoms with Crippen LogP contribution in [0.2, 0.25) is 0 Å². The monoisotopic (exact) mass is 424 g/mol. The van der Waals surface area contributed by atoms with Crippen molar-refractivity contribution in [1.82, 2.24) is 9.88 Å². The molecule has 0 unspecified atom stereocenters. The van der Waals surface area contributed by atoms with Gasteiger partial charge in [-0.1, -0.05) is 36.4 Å². The van der Waals surface area contributed by atoms with Crippen LogP contribution in [-0.2, 0) is 23.9 Å². The number of alkyl halides is 3. The summed E-state index contributed by atoms with van der Waals surface area (Å²) in [5.74, 6) is -0.245. The third kappa shape index (κ3) is 4.30. The van der Waals surface area contributed by atoms with Gasteiger partial charge in [-0.2, -0.15) is 13.2 Å². The summed E-state index contributed by atoms with van der Waals surface area (Å²) < 4.78 is 39.8. The minimum Gasteiger partial charge on any atom is -0.354 e. The molecule has 1 amide bonds. The van der Waals surface area contributed by atoms with Crippen LogP contribution < -0.4 is 10.7 Å². The summed E-state index contributed by atoms with van der Waals surface area (Å²) in [6.45, 7) is 0.314. The Kier molecular flexibility index (Phi) is 5.50. The van der Waals surface area contributed by atoms with Crippen LogP contribution in [0.1, 0.15) is 11.1 Å². The lowest BCUT2D eigenvalue weighted by Gasteiger charge is -2.15. The van der Waals surface area contributed by atoms with Crippen molar-refractivity contribution in [1.29, 1.82) is 0 Å². The van der Waals surface area contributed by atoms with Crippen LogP contribution in [0.4, 0.5) is 13.2 Å². The lowest BCUT2D eigenvalue weighted by Crippen LogP contribution is -2.30. The number of hydrogen-bond donors (Lipinski definition) is 1. The van der Waals surface area contributed by atoms with E-state index in [1.807, 2.05) is 12.1 Å². The molecule has 0 atom stereocenters. The van der Waals surface area contributed by atoms with Gasteiger partial charge in [-0.15, -0.1) is 0 Å². The molecule has 4 aromatic rings. The molecule has 1 aromatic heterocycles. The first-order valence-electron chi connectivity index (χ1n) is 9.78. The van der Waals surface area contributed by atoms with Gasteiger partial charge in [0.1, 0.15) is 6.54 Å². The number of aromatic nitrogens is 1. The van der Waals surface area contributed by atoms with E-state index in [0.29, 0.717) is 40.3 Å². The Hall–Kier alpha value is -3.61. The van der Waals surface area contributed by atoms with Crippen LogP contribution in [0, 0.1) is 0 Å². The van der Waals surface area contributed by atoms with Gasteiger partial charge in [0, 0.05) is 17.3 Å². The number of carbonyl (C=O) groups excluding carboxylic acids is 1. The number of nitrogens with one attached hydrogen (secondary N) is 1. The van der Waals surface area contributed by atoms with Crippen molar-refractivity contribution in [2.75, 3.05) is 6.54 Å². The van der Waals surface area contributed by atoms with E-state index in [4.69, 9.17) is 0 Å². The Balaban J connectivity index is 1.50. The summed E-state index contributed by atoms with van der Waals surface area (Å²) in [7, 11) is 0. The molecular formula is C24H19F3N2O2. The van der Waals surface area contributed by atoms with Gasteiger partial charge in [-0.05, 0) is 48.4 Å². The zero-order valence-corrected chi connectivity index (χ0v) is 16.4. The molecule has 0 saturated heterocycles. The highest BCUT2D eigenvalue weighted by Gasteiger charge is 2.29. The Labute approximate surface area is 175 Å². The number of hydrogen-bond acceptors (Lipinski definition) is 2. The van der Waals surface area contributed by atoms with E-state index < -0.39 is 11.7 Å². The third-order valence-corrected chi connectivity index (χ3v) is 5.20. The fraction of sp³-hybridized carbons (Fsp3) is 0.167. The molecule has 0 aliphatic rings. The number of carbonyl (C=O) groups is 1. The van der Waals surface area contributed by atoms with Gasteiger partial charge in [0.2, 0.25) is 5.91 Å². The molecule has 0 fully saturated rings. The molecule has 0 aliphatic heterocycles. The predicted molar refractivity (Wildman–Crippen MR) is 114 cm³/mol. The standard InChI is InChI=1S/C24H19F3N2O2/c25-24(26,27)17-11-9-16(10-12-17)13-14-28-22(30)15-29-20-7-3-1-5-18(20)23(31)19-6-2-4-8-21(19)29/h1-12H,13-15H2,(H,28,30). The first-order valence-corrected chi connectivity index (χ1v) is 9.78. The molecule has 31 heavy (non-hydrogen) atoms. The molecular weight excluding hydrogens is 405 g/mol. The van der Waals surface area contributed by atoms with E-state index in [9.17, 15) is 22.8 Å². The van der Waals surface area contributed by atoms with Crippen molar-refractivity contribution < 1.29 is 18.0 Å². The number of pyridine rings is 1. The largest absolute Gasteiger partial charge is 0.416 e. The zero-order chi connectivity index (χ0) is 22.0. The molecule has 1 heterocycles. The van der Waals surface area contributed by atoms with Crippen molar-refractivity contribution in [2.45, 2.75) is 19.1 Å². The van der Waals surface area contributed by atoms with Gasteiger partial charge in [0.15, 0.2) is 5.43 Å². The number of nitrogens with zero attached hydrogens (tertiary/aromatic N) is 1. The van der Waals surface area contributed by atoms with E-state index in [0.717, 1.165) is 12.1 Å². The summed E-state index contributed by atoms with van der Waals surface area (Å²) in [5, 5.41) is 3.89. The normalized spacial score (nSPS) is 11.7. The molecule has 0 spiro atoms. The summed E-state index contributed by atoms with van der Waals surface area (Å²) in [5.41, 5.74) is 1.27. The third-order valence-electron chi connectivity index (χ3n) is 5.20. The number of benzene rings is 3. The lowest BCUT2D eigenvalue weighted by molar-refractivity contribution is -0.137. The van der Waals surface area contributed by atoms with Gasteiger partial charge < -0.3 is 9.88 Å². The minimum absolute atomic E-state index is 0.0221. The van der Waals surface area contributed by atoms with E-state index >= 15 is 0 Å². The summed E-state index contributed by atoms with van der Waals surface area (Å²) in [4.78, 5) is 25.4. The molecule has 0 radical (unpaired) electrons. The van der Waals surface area contributed by atoms with Crippen molar-refractivity contribution in [2.24, 2.45) is 0 Å². The Morgan fingerprint density at radius 1 is 0.839 bits per heavy atom. The van der Waals surface area contributed by atoms with Gasteiger partial charge in [-0.25, -0.2) is 0 Å². The second-order valence-electron chi connectivity index (χ2n) is 7.24. The first-order chi connectivity index (χ1) is 14.8. The van der Waals surface area contributed by atoms with Crippen LogP contribution in [0.15, 0.2) is 77.6 Å². The van der Waals surface area contributed by atoms with E-state index in [1.54, 1.807) is 41.0 Å². The summed E-state index contributed by atoms with van der Waals surface area (Å²) in [6.07, 6.45) is -3.95. The fourth-order valence-electron chi connectivity index (χ4n) is 3.65. The zero-order valence-electron chi connectivity index (χ0n) is 16.4. The highest BCUT2D eigenvalue weighted by Crippen LogP contribution is 2.29. The lowest BCUT2D eigenvalue weighted by atomic mass is 10.1. The smallest absolute Gasteiger partial charge is 0.354 e. The quantitative estimate of drug-likeness (QED) is 0.479. The van der Waals surface area contributed by atoms with Crippen LogP contribution >= 0.6 is 0 Å². The molecule has 0 saturated carbocycles. The number of fused-ring (bicyclic) bond motifs is 2.